The zero-order valence-electron chi connectivity index (χ0n) is 13.0. The number of rotatable bonds is 4. The molecular formula is C18H26N2O. The van der Waals surface area contributed by atoms with Crippen LogP contribution in [-0.2, 0) is 11.3 Å². The molecule has 3 heteroatoms. The van der Waals surface area contributed by atoms with Gasteiger partial charge < -0.3 is 5.32 Å². The largest absolute Gasteiger partial charge is 0.353 e. The molecule has 0 unspecified atom stereocenters. The first-order valence-corrected chi connectivity index (χ1v) is 8.29. The molecule has 3 nitrogen and oxygen atoms in total. The molecule has 3 rings (SSSR count). The average Bonchev–Trinajstić information content (AvgIpc) is 2.43. The van der Waals surface area contributed by atoms with E-state index in [1.165, 1.54) is 30.4 Å². The Kier molecular flexibility index (Phi) is 4.59. The Labute approximate surface area is 127 Å². The Bertz CT molecular complexity index is 488. The lowest BCUT2D eigenvalue weighted by atomic mass is 9.90. The second kappa shape index (κ2) is 6.61. The van der Waals surface area contributed by atoms with Gasteiger partial charge >= 0.3 is 0 Å². The summed E-state index contributed by atoms with van der Waals surface area (Å²) in [6.07, 6.45) is 5.64. The minimum atomic E-state index is 0.236. The van der Waals surface area contributed by atoms with Crippen molar-refractivity contribution >= 4 is 5.91 Å². The third-order valence-electron chi connectivity index (χ3n) is 4.90. The maximum Gasteiger partial charge on any atom is 0.223 e. The average molecular weight is 286 g/mol. The smallest absolute Gasteiger partial charge is 0.223 e. The lowest BCUT2D eigenvalue weighted by Crippen LogP contribution is -2.45. The van der Waals surface area contributed by atoms with Crippen LogP contribution < -0.4 is 5.32 Å². The van der Waals surface area contributed by atoms with E-state index >= 15 is 0 Å². The van der Waals surface area contributed by atoms with Gasteiger partial charge in [0.05, 0.1) is 0 Å². The summed E-state index contributed by atoms with van der Waals surface area (Å²) in [4.78, 5) is 14.7. The van der Waals surface area contributed by atoms with Crippen molar-refractivity contribution in [2.24, 2.45) is 5.92 Å². The van der Waals surface area contributed by atoms with Gasteiger partial charge in [0, 0.05) is 18.5 Å². The van der Waals surface area contributed by atoms with Gasteiger partial charge in [-0.3, -0.25) is 9.69 Å². The Morgan fingerprint density at radius 3 is 2.62 bits per heavy atom. The maximum atomic E-state index is 12.2. The van der Waals surface area contributed by atoms with Crippen molar-refractivity contribution in [2.75, 3.05) is 13.1 Å². The van der Waals surface area contributed by atoms with E-state index in [9.17, 15) is 4.79 Å². The molecule has 2 aliphatic rings. The molecule has 1 aromatic carbocycles. The van der Waals surface area contributed by atoms with Crippen molar-refractivity contribution in [3.05, 3.63) is 35.4 Å². The Morgan fingerprint density at radius 1 is 1.24 bits per heavy atom. The highest BCUT2D eigenvalue weighted by molar-refractivity contribution is 5.79. The number of hydrogen-bond acceptors (Lipinski definition) is 2. The van der Waals surface area contributed by atoms with Crippen LogP contribution in [0.2, 0.25) is 0 Å². The summed E-state index contributed by atoms with van der Waals surface area (Å²) in [6, 6.07) is 9.20. The van der Waals surface area contributed by atoms with Crippen molar-refractivity contribution in [2.45, 2.75) is 51.6 Å². The van der Waals surface area contributed by atoms with Gasteiger partial charge in [0.25, 0.3) is 0 Å². The second-order valence-corrected chi connectivity index (χ2v) is 6.68. The SMILES string of the molecule is Cc1cccc(CN2CCC(C(=O)NC3CCC3)CC2)c1. The summed E-state index contributed by atoms with van der Waals surface area (Å²) >= 11 is 0. The molecule has 1 amide bonds. The zero-order valence-corrected chi connectivity index (χ0v) is 13.0. The first-order valence-electron chi connectivity index (χ1n) is 8.29. The summed E-state index contributed by atoms with van der Waals surface area (Å²) in [5.74, 6) is 0.536. The van der Waals surface area contributed by atoms with Crippen LogP contribution in [0, 0.1) is 12.8 Å². The molecular weight excluding hydrogens is 260 g/mol. The predicted molar refractivity (Wildman–Crippen MR) is 85.0 cm³/mol. The van der Waals surface area contributed by atoms with E-state index in [0.29, 0.717) is 11.9 Å². The first-order chi connectivity index (χ1) is 10.2. The molecule has 1 aliphatic carbocycles. The topological polar surface area (TPSA) is 32.3 Å². The van der Waals surface area contributed by atoms with E-state index in [1.54, 1.807) is 0 Å². The van der Waals surface area contributed by atoms with Gasteiger partial charge in [-0.1, -0.05) is 29.8 Å². The molecule has 1 aromatic rings. The van der Waals surface area contributed by atoms with Crippen LogP contribution in [0.5, 0.6) is 0 Å². The van der Waals surface area contributed by atoms with E-state index in [1.807, 2.05) is 0 Å². The van der Waals surface area contributed by atoms with Crippen LogP contribution >= 0.6 is 0 Å². The fourth-order valence-corrected chi connectivity index (χ4v) is 3.29. The number of likely N-dealkylation sites (tertiary alicyclic amines) is 1. The van der Waals surface area contributed by atoms with Crippen molar-refractivity contribution in [3.63, 3.8) is 0 Å². The Hall–Kier alpha value is -1.35. The summed E-state index contributed by atoms with van der Waals surface area (Å²) in [5.41, 5.74) is 2.70. The molecule has 114 valence electrons. The fourth-order valence-electron chi connectivity index (χ4n) is 3.29. The quantitative estimate of drug-likeness (QED) is 0.923. The van der Waals surface area contributed by atoms with Crippen LogP contribution in [0.3, 0.4) is 0 Å². The normalized spacial score (nSPS) is 21.0. The number of carbonyl (C=O) groups excluding carboxylic acids is 1. The van der Waals surface area contributed by atoms with Crippen molar-refractivity contribution < 1.29 is 4.79 Å². The van der Waals surface area contributed by atoms with Gasteiger partial charge in [0.15, 0.2) is 0 Å². The molecule has 0 radical (unpaired) electrons. The molecule has 0 spiro atoms. The highest BCUT2D eigenvalue weighted by atomic mass is 16.1. The zero-order chi connectivity index (χ0) is 14.7. The molecule has 0 bridgehead atoms. The minimum Gasteiger partial charge on any atom is -0.353 e. The number of nitrogens with zero attached hydrogens (tertiary/aromatic N) is 1. The van der Waals surface area contributed by atoms with Crippen LogP contribution in [-0.4, -0.2) is 29.9 Å². The molecule has 1 saturated heterocycles. The molecule has 21 heavy (non-hydrogen) atoms. The monoisotopic (exact) mass is 286 g/mol. The summed E-state index contributed by atoms with van der Waals surface area (Å²) in [5, 5.41) is 3.20. The van der Waals surface area contributed by atoms with Crippen LogP contribution in [0.4, 0.5) is 0 Å². The van der Waals surface area contributed by atoms with Gasteiger partial charge in [0.1, 0.15) is 0 Å². The van der Waals surface area contributed by atoms with Crippen molar-refractivity contribution in [1.82, 2.24) is 10.2 Å². The fraction of sp³-hybridized carbons (Fsp3) is 0.611. The van der Waals surface area contributed by atoms with E-state index in [-0.39, 0.29) is 5.92 Å². The number of carbonyl (C=O) groups is 1. The molecule has 1 N–H and O–H groups in total. The number of piperidine rings is 1. The lowest BCUT2D eigenvalue weighted by molar-refractivity contribution is -0.127. The maximum absolute atomic E-state index is 12.2. The van der Waals surface area contributed by atoms with Crippen LogP contribution in [0.1, 0.15) is 43.2 Å². The van der Waals surface area contributed by atoms with E-state index in [2.05, 4.69) is 41.4 Å². The Morgan fingerprint density at radius 2 is 2.00 bits per heavy atom. The van der Waals surface area contributed by atoms with E-state index in [4.69, 9.17) is 0 Å². The van der Waals surface area contributed by atoms with E-state index in [0.717, 1.165) is 32.5 Å². The van der Waals surface area contributed by atoms with Gasteiger partial charge in [-0.15, -0.1) is 0 Å². The lowest BCUT2D eigenvalue weighted by Gasteiger charge is -2.33. The number of aryl methyl sites for hydroxylation is 1. The molecule has 0 aromatic heterocycles. The third-order valence-corrected chi connectivity index (χ3v) is 4.90. The molecule has 1 heterocycles. The first kappa shape index (κ1) is 14.6. The third kappa shape index (κ3) is 3.85. The molecule has 0 atom stereocenters. The number of nitrogens with one attached hydrogen (secondary N) is 1. The molecule has 1 saturated carbocycles. The van der Waals surface area contributed by atoms with Crippen LogP contribution in [0.15, 0.2) is 24.3 Å². The number of benzene rings is 1. The Balaban J connectivity index is 1.45. The summed E-state index contributed by atoms with van der Waals surface area (Å²) < 4.78 is 0. The van der Waals surface area contributed by atoms with Crippen LogP contribution in [0.25, 0.3) is 0 Å². The van der Waals surface area contributed by atoms with Gasteiger partial charge in [-0.25, -0.2) is 0 Å². The highest BCUT2D eigenvalue weighted by Gasteiger charge is 2.28. The second-order valence-electron chi connectivity index (χ2n) is 6.68. The molecule has 1 aliphatic heterocycles. The minimum absolute atomic E-state index is 0.236. The summed E-state index contributed by atoms with van der Waals surface area (Å²) in [6.45, 7) is 5.23. The number of hydrogen-bond donors (Lipinski definition) is 1. The van der Waals surface area contributed by atoms with E-state index < -0.39 is 0 Å². The van der Waals surface area contributed by atoms with Crippen molar-refractivity contribution in [3.8, 4) is 0 Å². The van der Waals surface area contributed by atoms with Gasteiger partial charge in [-0.05, 0) is 57.7 Å². The predicted octanol–water partition coefficient (Wildman–Crippen LogP) is 2.88. The van der Waals surface area contributed by atoms with Gasteiger partial charge in [-0.2, -0.15) is 0 Å². The number of amides is 1. The molecule has 2 fully saturated rings. The van der Waals surface area contributed by atoms with Gasteiger partial charge in [0.2, 0.25) is 5.91 Å². The highest BCUT2D eigenvalue weighted by Crippen LogP contribution is 2.22. The summed E-state index contributed by atoms with van der Waals surface area (Å²) in [7, 11) is 0. The van der Waals surface area contributed by atoms with Crippen molar-refractivity contribution in [1.29, 1.82) is 0 Å². The standard InChI is InChI=1S/C18H26N2O/c1-14-4-2-5-15(12-14)13-20-10-8-16(9-11-20)18(21)19-17-6-3-7-17/h2,4-5,12,16-17H,3,6-11,13H2,1H3,(H,19,21).